The summed E-state index contributed by atoms with van der Waals surface area (Å²) in [5.41, 5.74) is 0. The number of rotatable bonds is 46. The van der Waals surface area contributed by atoms with Crippen molar-refractivity contribution in [2.24, 2.45) is 0 Å². The van der Waals surface area contributed by atoms with Crippen molar-refractivity contribution in [3.63, 3.8) is 0 Å². The van der Waals surface area contributed by atoms with Gasteiger partial charge in [-0.15, -0.1) is 0 Å². The molecule has 1 unspecified atom stereocenters. The molecular weight excluding hydrogens is 805 g/mol. The summed E-state index contributed by atoms with van der Waals surface area (Å²) in [6.07, 6.45) is 71.0. The smallest absolute Gasteiger partial charge is 0.310 e. The molecule has 65 heavy (non-hydrogen) atoms. The Morgan fingerprint density at radius 1 is 0.338 bits per heavy atom. The molecule has 0 saturated heterocycles. The molecule has 0 radical (unpaired) electrons. The van der Waals surface area contributed by atoms with Crippen LogP contribution in [0.2, 0.25) is 0 Å². The second-order valence-corrected chi connectivity index (χ2v) is 17.0. The van der Waals surface area contributed by atoms with Gasteiger partial charge >= 0.3 is 17.9 Å². The van der Waals surface area contributed by atoms with E-state index in [1.54, 1.807) is 6.08 Å². The van der Waals surface area contributed by atoms with Gasteiger partial charge in [0.05, 0.1) is 6.42 Å². The molecule has 0 aromatic rings. The molecule has 0 aromatic heterocycles. The zero-order chi connectivity index (χ0) is 47.2. The molecule has 0 aliphatic rings. The van der Waals surface area contributed by atoms with Crippen LogP contribution in [0.1, 0.15) is 226 Å². The molecule has 6 heteroatoms. The number of allylic oxidation sites excluding steroid dienone is 17. The van der Waals surface area contributed by atoms with E-state index in [2.05, 4.69) is 118 Å². The van der Waals surface area contributed by atoms with Crippen molar-refractivity contribution in [2.45, 2.75) is 232 Å². The first-order valence-corrected chi connectivity index (χ1v) is 26.4. The monoisotopic (exact) mass is 901 g/mol. The molecule has 0 amide bonds. The lowest BCUT2D eigenvalue weighted by Crippen LogP contribution is -2.30. The Balaban J connectivity index is 4.55. The van der Waals surface area contributed by atoms with Crippen LogP contribution in [0.25, 0.3) is 0 Å². The van der Waals surface area contributed by atoms with Crippen LogP contribution >= 0.6 is 0 Å². The summed E-state index contributed by atoms with van der Waals surface area (Å²) in [5, 5.41) is 0. The number of hydrogen-bond acceptors (Lipinski definition) is 6. The van der Waals surface area contributed by atoms with Gasteiger partial charge < -0.3 is 14.2 Å². The van der Waals surface area contributed by atoms with Gasteiger partial charge in [0.1, 0.15) is 13.2 Å². The fourth-order valence-electron chi connectivity index (χ4n) is 6.92. The molecule has 0 aromatic carbocycles. The highest BCUT2D eigenvalue weighted by Gasteiger charge is 2.19. The quantitative estimate of drug-likeness (QED) is 0.0262. The summed E-state index contributed by atoms with van der Waals surface area (Å²) in [6, 6.07) is 0. The number of hydrogen-bond donors (Lipinski definition) is 0. The van der Waals surface area contributed by atoms with Crippen molar-refractivity contribution in [1.82, 2.24) is 0 Å². The minimum atomic E-state index is -0.849. The van der Waals surface area contributed by atoms with Crippen LogP contribution in [0.15, 0.2) is 109 Å². The van der Waals surface area contributed by atoms with Gasteiger partial charge in [0.15, 0.2) is 6.10 Å². The Morgan fingerprint density at radius 3 is 1.02 bits per heavy atom. The summed E-state index contributed by atoms with van der Waals surface area (Å²) in [4.78, 5) is 37.9. The standard InChI is InChI=1S/C59H96O6/c1-4-7-10-13-16-19-22-25-28-29-32-34-37-40-43-46-49-52-58(61)64-55-56(65-59(62)53-50-47-44-41-38-35-31-27-24-21-18-15-12-9-6-3)54-63-57(60)51-48-45-42-39-36-33-30-26-23-20-17-14-11-8-5-2/h8-9,11-12,17-18,20-21,26-27,30-31,36,38-39,41,47,50,56H,4-7,10,13-16,19,22-25,28-29,32-35,37,40,42-46,48-49,51-55H2,1-3H3/b11-8-,12-9-,20-17-,21-18-,30-26-,31-27-,39-36-,41-38-,50-47-. The average Bonchev–Trinajstić information content (AvgIpc) is 3.30. The van der Waals surface area contributed by atoms with E-state index in [4.69, 9.17) is 14.2 Å². The second kappa shape index (κ2) is 52.7. The highest BCUT2D eigenvalue weighted by atomic mass is 16.6. The van der Waals surface area contributed by atoms with Crippen LogP contribution in [-0.2, 0) is 28.6 Å². The number of unbranched alkanes of at least 4 members (excludes halogenated alkanes) is 18. The lowest BCUT2D eigenvalue weighted by Gasteiger charge is -2.18. The lowest BCUT2D eigenvalue weighted by molar-refractivity contribution is -0.166. The van der Waals surface area contributed by atoms with E-state index in [0.717, 1.165) is 83.5 Å². The maximum atomic E-state index is 12.7. The maximum Gasteiger partial charge on any atom is 0.310 e. The molecule has 0 aliphatic carbocycles. The molecule has 0 fully saturated rings. The first kappa shape index (κ1) is 61.1. The van der Waals surface area contributed by atoms with Gasteiger partial charge in [0.2, 0.25) is 0 Å². The fourth-order valence-corrected chi connectivity index (χ4v) is 6.92. The van der Waals surface area contributed by atoms with Gasteiger partial charge in [0.25, 0.3) is 0 Å². The van der Waals surface area contributed by atoms with Crippen molar-refractivity contribution < 1.29 is 28.6 Å². The summed E-state index contributed by atoms with van der Waals surface area (Å²) in [5.74, 6) is -1.11. The van der Waals surface area contributed by atoms with Crippen LogP contribution in [0, 0.1) is 0 Å². The topological polar surface area (TPSA) is 78.9 Å². The molecule has 0 aliphatic heterocycles. The van der Waals surface area contributed by atoms with E-state index < -0.39 is 12.1 Å². The highest BCUT2D eigenvalue weighted by molar-refractivity contribution is 5.72. The van der Waals surface area contributed by atoms with E-state index in [0.29, 0.717) is 19.3 Å². The van der Waals surface area contributed by atoms with Crippen LogP contribution < -0.4 is 0 Å². The lowest BCUT2D eigenvalue weighted by atomic mass is 10.0. The van der Waals surface area contributed by atoms with E-state index in [9.17, 15) is 14.4 Å². The zero-order valence-corrected chi connectivity index (χ0v) is 42.0. The number of ether oxygens (including phenoxy) is 3. The van der Waals surface area contributed by atoms with Gasteiger partial charge in [-0.05, 0) is 83.5 Å². The SMILES string of the molecule is CC/C=C\C/C=C\C/C=C\C/C=C\C/C=C\CC(=O)OC(COC(=O)CCCC/C=C\C/C=C\C/C=C\C/C=C\CC)COC(=O)CCCCCCCCCCCCCCCCCCC. The van der Waals surface area contributed by atoms with Crippen LogP contribution in [0.4, 0.5) is 0 Å². The van der Waals surface area contributed by atoms with E-state index in [1.807, 2.05) is 6.08 Å². The first-order chi connectivity index (χ1) is 32.0. The van der Waals surface area contributed by atoms with Gasteiger partial charge in [0, 0.05) is 12.8 Å². The minimum Gasteiger partial charge on any atom is -0.462 e. The predicted molar refractivity (Wildman–Crippen MR) is 279 cm³/mol. The van der Waals surface area contributed by atoms with E-state index >= 15 is 0 Å². The molecule has 0 rings (SSSR count). The number of carbonyl (C=O) groups excluding carboxylic acids is 3. The third-order valence-corrected chi connectivity index (χ3v) is 10.8. The second-order valence-electron chi connectivity index (χ2n) is 17.0. The summed E-state index contributed by atoms with van der Waals surface area (Å²) in [7, 11) is 0. The third kappa shape index (κ3) is 50.9. The largest absolute Gasteiger partial charge is 0.462 e. The summed E-state index contributed by atoms with van der Waals surface area (Å²) in [6.45, 7) is 6.29. The number of carbonyl (C=O) groups is 3. The van der Waals surface area contributed by atoms with Crippen LogP contribution in [0.3, 0.4) is 0 Å². The van der Waals surface area contributed by atoms with Crippen LogP contribution in [0.5, 0.6) is 0 Å². The molecule has 0 heterocycles. The Hall–Kier alpha value is -3.93. The van der Waals surface area contributed by atoms with Gasteiger partial charge in [-0.2, -0.15) is 0 Å². The van der Waals surface area contributed by atoms with Crippen molar-refractivity contribution in [1.29, 1.82) is 0 Å². The van der Waals surface area contributed by atoms with Crippen molar-refractivity contribution >= 4 is 17.9 Å². The van der Waals surface area contributed by atoms with Gasteiger partial charge in [-0.25, -0.2) is 0 Å². The number of esters is 3. The Bertz CT molecular complexity index is 1360. The Labute approximate surface area is 400 Å². The van der Waals surface area contributed by atoms with Crippen molar-refractivity contribution in [2.75, 3.05) is 13.2 Å². The molecule has 6 nitrogen and oxygen atoms in total. The zero-order valence-electron chi connectivity index (χ0n) is 42.0. The minimum absolute atomic E-state index is 0.0858. The molecule has 0 saturated carbocycles. The predicted octanol–water partition coefficient (Wildman–Crippen LogP) is 17.5. The molecular formula is C59H96O6. The van der Waals surface area contributed by atoms with Crippen LogP contribution in [-0.4, -0.2) is 37.2 Å². The summed E-state index contributed by atoms with van der Waals surface area (Å²) >= 11 is 0. The molecule has 0 spiro atoms. The van der Waals surface area contributed by atoms with Gasteiger partial charge in [-0.1, -0.05) is 233 Å². The van der Waals surface area contributed by atoms with E-state index in [1.165, 1.54) is 89.9 Å². The fraction of sp³-hybridized carbons (Fsp3) is 0.644. The van der Waals surface area contributed by atoms with Gasteiger partial charge in [-0.3, -0.25) is 14.4 Å². The molecule has 0 N–H and O–H groups in total. The normalized spacial score (nSPS) is 13.0. The molecule has 368 valence electrons. The highest BCUT2D eigenvalue weighted by Crippen LogP contribution is 2.15. The van der Waals surface area contributed by atoms with Crippen molar-refractivity contribution in [3.8, 4) is 0 Å². The van der Waals surface area contributed by atoms with Crippen molar-refractivity contribution in [3.05, 3.63) is 109 Å². The third-order valence-electron chi connectivity index (χ3n) is 10.8. The Kier molecular flexibility index (Phi) is 49.5. The average molecular weight is 901 g/mol. The van der Waals surface area contributed by atoms with E-state index in [-0.39, 0.29) is 38.0 Å². The Morgan fingerprint density at radius 2 is 0.646 bits per heavy atom. The molecule has 1 atom stereocenters. The molecule has 0 bridgehead atoms. The first-order valence-electron chi connectivity index (χ1n) is 26.4. The maximum absolute atomic E-state index is 12.7. The summed E-state index contributed by atoms with van der Waals surface area (Å²) < 4.78 is 16.7.